The first-order chi connectivity index (χ1) is 4.20. The lowest BCUT2D eigenvalue weighted by molar-refractivity contribution is 0.404. The molecule has 0 saturated heterocycles. The van der Waals surface area contributed by atoms with E-state index in [4.69, 9.17) is 21.8 Å². The van der Waals surface area contributed by atoms with Crippen LogP contribution >= 0.6 is 11.6 Å². The van der Waals surface area contributed by atoms with Gasteiger partial charge in [-0.1, -0.05) is 11.6 Å². The van der Waals surface area contributed by atoms with Crippen molar-refractivity contribution in [2.75, 3.05) is 0 Å². The average molecular weight is 155 g/mol. The van der Waals surface area contributed by atoms with Crippen molar-refractivity contribution in [2.24, 2.45) is 0 Å². The van der Waals surface area contributed by atoms with Crippen LogP contribution in [0.25, 0.3) is 0 Å². The van der Waals surface area contributed by atoms with Crippen LogP contribution in [0.5, 0.6) is 11.5 Å². The molecule has 0 aliphatic rings. The lowest BCUT2D eigenvalue weighted by Crippen LogP contribution is -1.66. The van der Waals surface area contributed by atoms with E-state index in [1.807, 2.05) is 0 Å². The molecule has 1 rings (SSSR count). The van der Waals surface area contributed by atoms with Gasteiger partial charge in [0.25, 0.3) is 0 Å². The van der Waals surface area contributed by atoms with Gasteiger partial charge in [-0.05, 0) is 12.1 Å². The summed E-state index contributed by atoms with van der Waals surface area (Å²) in [5.41, 5.74) is 0. The molecular weight excluding hydrogens is 150 g/mol. The quantitative estimate of drug-likeness (QED) is 0.439. The van der Waals surface area contributed by atoms with Gasteiger partial charge < -0.3 is 10.2 Å². The highest BCUT2D eigenvalue weighted by molar-refractivity contribution is 6.30. The Bertz CT molecular complexity index is 227. The number of halogens is 1. The van der Waals surface area contributed by atoms with E-state index >= 15 is 0 Å². The highest BCUT2D eigenvalue weighted by Gasteiger charge is 1.96. The maximum Gasteiger partial charge on any atom is 0.158 e. The lowest BCUT2D eigenvalue weighted by Gasteiger charge is -1.94. The molecule has 4 heteroatoms. The highest BCUT2D eigenvalue weighted by Crippen LogP contribution is 2.26. The summed E-state index contributed by atoms with van der Waals surface area (Å²) >= 11 is 5.45. The van der Waals surface area contributed by atoms with Crippen molar-refractivity contribution in [3.05, 3.63) is 23.2 Å². The van der Waals surface area contributed by atoms with Gasteiger partial charge in [-0.15, -0.1) is 0 Å². The fraction of sp³-hybridized carbons (Fsp3) is 0. The molecular formula is C6H5BClO2. The van der Waals surface area contributed by atoms with Crippen LogP contribution in [0.4, 0.5) is 0 Å². The summed E-state index contributed by atoms with van der Waals surface area (Å²) in [4.78, 5) is 0. The van der Waals surface area contributed by atoms with Crippen molar-refractivity contribution in [2.45, 2.75) is 0 Å². The van der Waals surface area contributed by atoms with E-state index in [0.717, 1.165) is 0 Å². The second-order valence-electron chi connectivity index (χ2n) is 1.63. The Hall–Kier alpha value is -0.825. The van der Waals surface area contributed by atoms with Gasteiger partial charge in [0, 0.05) is 19.5 Å². The van der Waals surface area contributed by atoms with Crippen LogP contribution in [0.3, 0.4) is 0 Å². The van der Waals surface area contributed by atoms with E-state index < -0.39 is 0 Å². The Balaban J connectivity index is 0.000000810. The fourth-order valence-electron chi connectivity index (χ4n) is 0.497. The molecule has 0 unspecified atom stereocenters. The third-order valence-electron chi connectivity index (χ3n) is 0.937. The third kappa shape index (κ3) is 1.85. The molecule has 0 heterocycles. The molecule has 10 heavy (non-hydrogen) atoms. The number of hydrogen-bond donors (Lipinski definition) is 2. The first-order valence-electron chi connectivity index (χ1n) is 2.37. The Kier molecular flexibility index (Phi) is 3.09. The van der Waals surface area contributed by atoms with Gasteiger partial charge in [0.15, 0.2) is 11.5 Å². The first kappa shape index (κ1) is 9.17. The minimum atomic E-state index is -0.192. The Morgan fingerprint density at radius 1 is 1.10 bits per heavy atom. The van der Waals surface area contributed by atoms with Crippen LogP contribution in [0.1, 0.15) is 0 Å². The fourth-order valence-corrected chi connectivity index (χ4v) is 0.663. The number of benzene rings is 1. The standard InChI is InChI=1S/C6H5ClO2.B/c7-4-1-2-5(8)6(9)3-4;/h1-3,8-9H;. The number of rotatable bonds is 0. The molecule has 3 radical (unpaired) electrons. The van der Waals surface area contributed by atoms with E-state index in [1.165, 1.54) is 18.2 Å². The van der Waals surface area contributed by atoms with Crippen molar-refractivity contribution in [3.8, 4) is 11.5 Å². The summed E-state index contributed by atoms with van der Waals surface area (Å²) in [6.45, 7) is 0. The smallest absolute Gasteiger partial charge is 0.158 e. The van der Waals surface area contributed by atoms with Crippen LogP contribution in [0, 0.1) is 0 Å². The predicted octanol–water partition coefficient (Wildman–Crippen LogP) is 1.37. The summed E-state index contributed by atoms with van der Waals surface area (Å²) < 4.78 is 0. The normalized spacial score (nSPS) is 8.50. The molecule has 0 aliphatic carbocycles. The molecule has 1 aromatic carbocycles. The summed E-state index contributed by atoms with van der Waals surface area (Å²) in [7, 11) is 0. The minimum Gasteiger partial charge on any atom is -0.504 e. The third-order valence-corrected chi connectivity index (χ3v) is 1.17. The number of hydrogen-bond acceptors (Lipinski definition) is 2. The van der Waals surface area contributed by atoms with E-state index in [1.54, 1.807) is 0 Å². The van der Waals surface area contributed by atoms with E-state index in [-0.39, 0.29) is 19.9 Å². The molecule has 2 nitrogen and oxygen atoms in total. The minimum absolute atomic E-state index is 0. The summed E-state index contributed by atoms with van der Waals surface area (Å²) in [5, 5.41) is 17.9. The second kappa shape index (κ2) is 3.37. The molecule has 0 atom stereocenters. The monoisotopic (exact) mass is 155 g/mol. The molecule has 2 N–H and O–H groups in total. The summed E-state index contributed by atoms with van der Waals surface area (Å²) in [5.74, 6) is -0.345. The van der Waals surface area contributed by atoms with Gasteiger partial charge in [-0.3, -0.25) is 0 Å². The summed E-state index contributed by atoms with van der Waals surface area (Å²) in [6.07, 6.45) is 0. The Morgan fingerprint density at radius 3 is 2.10 bits per heavy atom. The molecule has 0 spiro atoms. The van der Waals surface area contributed by atoms with Gasteiger partial charge >= 0.3 is 0 Å². The zero-order valence-electron chi connectivity index (χ0n) is 5.08. The number of aromatic hydroxyl groups is 2. The van der Waals surface area contributed by atoms with Crippen molar-refractivity contribution in [1.82, 2.24) is 0 Å². The molecule has 0 aliphatic heterocycles. The van der Waals surface area contributed by atoms with Gasteiger partial charge in [-0.2, -0.15) is 0 Å². The molecule has 0 aromatic heterocycles. The van der Waals surface area contributed by atoms with Gasteiger partial charge in [0.05, 0.1) is 0 Å². The van der Waals surface area contributed by atoms with Crippen LogP contribution in [-0.2, 0) is 0 Å². The molecule has 0 saturated carbocycles. The number of phenols is 2. The number of phenolic OH excluding ortho intramolecular Hbond substituents is 2. The zero-order chi connectivity index (χ0) is 6.85. The maximum absolute atomic E-state index is 8.77. The van der Waals surface area contributed by atoms with Crippen LogP contribution in [0.15, 0.2) is 18.2 Å². The average Bonchev–Trinajstić information content (AvgIpc) is 1.80. The maximum atomic E-state index is 8.77. The Morgan fingerprint density at radius 2 is 1.70 bits per heavy atom. The molecule has 51 valence electrons. The van der Waals surface area contributed by atoms with E-state index in [0.29, 0.717) is 5.02 Å². The lowest BCUT2D eigenvalue weighted by atomic mass is 10.3. The van der Waals surface area contributed by atoms with E-state index in [2.05, 4.69) is 0 Å². The largest absolute Gasteiger partial charge is 0.504 e. The SMILES string of the molecule is Oc1ccc(Cl)cc1O.[B]. The zero-order valence-corrected chi connectivity index (χ0v) is 5.84. The molecule has 1 aromatic rings. The van der Waals surface area contributed by atoms with Crippen LogP contribution < -0.4 is 0 Å². The van der Waals surface area contributed by atoms with Crippen LogP contribution in [-0.4, -0.2) is 18.6 Å². The topological polar surface area (TPSA) is 40.5 Å². The van der Waals surface area contributed by atoms with Gasteiger partial charge in [0.2, 0.25) is 0 Å². The highest BCUT2D eigenvalue weighted by atomic mass is 35.5. The van der Waals surface area contributed by atoms with Crippen molar-refractivity contribution >= 4 is 20.0 Å². The van der Waals surface area contributed by atoms with Crippen LogP contribution in [0.2, 0.25) is 5.02 Å². The van der Waals surface area contributed by atoms with Gasteiger partial charge in [-0.25, -0.2) is 0 Å². The molecule has 0 bridgehead atoms. The van der Waals surface area contributed by atoms with Crippen molar-refractivity contribution in [3.63, 3.8) is 0 Å². The predicted molar refractivity (Wildman–Crippen MR) is 40.5 cm³/mol. The molecule has 0 fully saturated rings. The Labute approximate surface area is 65.6 Å². The first-order valence-corrected chi connectivity index (χ1v) is 2.75. The summed E-state index contributed by atoms with van der Waals surface area (Å²) in [6, 6.07) is 4.10. The molecule has 0 amide bonds. The van der Waals surface area contributed by atoms with Crippen molar-refractivity contribution in [1.29, 1.82) is 0 Å². The van der Waals surface area contributed by atoms with E-state index in [9.17, 15) is 0 Å². The second-order valence-corrected chi connectivity index (χ2v) is 2.07. The van der Waals surface area contributed by atoms with Crippen molar-refractivity contribution < 1.29 is 10.2 Å². The van der Waals surface area contributed by atoms with Gasteiger partial charge in [0.1, 0.15) is 0 Å².